The molecule has 1 aliphatic carbocycles. The van der Waals surface area contributed by atoms with E-state index < -0.39 is 0 Å². The summed E-state index contributed by atoms with van der Waals surface area (Å²) in [5, 5.41) is 5.77. The summed E-state index contributed by atoms with van der Waals surface area (Å²) >= 11 is 1.83. The number of amides is 1. The second-order valence-corrected chi connectivity index (χ2v) is 7.49. The first-order chi connectivity index (χ1) is 9.81. The van der Waals surface area contributed by atoms with Gasteiger partial charge in [-0.15, -0.1) is 11.3 Å². The number of hydrogen-bond acceptors (Lipinski definition) is 3. The van der Waals surface area contributed by atoms with Crippen LogP contribution in [0.2, 0.25) is 0 Å². The molecule has 3 heterocycles. The summed E-state index contributed by atoms with van der Waals surface area (Å²) in [5.74, 6) is 1.09. The summed E-state index contributed by atoms with van der Waals surface area (Å²) in [5.41, 5.74) is 1.37. The van der Waals surface area contributed by atoms with Crippen LogP contribution in [0, 0.1) is 5.92 Å². The molecule has 3 unspecified atom stereocenters. The van der Waals surface area contributed by atoms with Gasteiger partial charge in [0.1, 0.15) is 0 Å². The lowest BCUT2D eigenvalue weighted by Crippen LogP contribution is -2.46. The number of nitrogens with one attached hydrogen (secondary N) is 1. The van der Waals surface area contributed by atoms with Crippen molar-refractivity contribution in [1.82, 2.24) is 10.2 Å². The highest BCUT2D eigenvalue weighted by atomic mass is 32.1. The lowest BCUT2D eigenvalue weighted by molar-refractivity contribution is -0.134. The summed E-state index contributed by atoms with van der Waals surface area (Å²) in [6.07, 6.45) is 7.37. The molecule has 2 aliphatic heterocycles. The van der Waals surface area contributed by atoms with Gasteiger partial charge in [0, 0.05) is 24.0 Å². The maximum Gasteiger partial charge on any atom is 0.240 e. The number of rotatable bonds is 1. The Labute approximate surface area is 124 Å². The van der Waals surface area contributed by atoms with Gasteiger partial charge < -0.3 is 10.2 Å². The van der Waals surface area contributed by atoms with E-state index in [4.69, 9.17) is 0 Å². The SMILES string of the molecule is O=C(C1CC2CCCCC2N1)N1CCc2sccc2C1. The highest BCUT2D eigenvalue weighted by Crippen LogP contribution is 2.34. The van der Waals surface area contributed by atoms with Crippen LogP contribution >= 0.6 is 11.3 Å². The topological polar surface area (TPSA) is 32.3 Å². The molecule has 1 aromatic rings. The molecule has 3 aliphatic rings. The van der Waals surface area contributed by atoms with Crippen LogP contribution in [-0.4, -0.2) is 29.4 Å². The smallest absolute Gasteiger partial charge is 0.240 e. The van der Waals surface area contributed by atoms with Crippen molar-refractivity contribution in [2.24, 2.45) is 5.92 Å². The van der Waals surface area contributed by atoms with Crippen LogP contribution in [0.15, 0.2) is 11.4 Å². The Balaban J connectivity index is 1.43. The van der Waals surface area contributed by atoms with Crippen molar-refractivity contribution in [3.8, 4) is 0 Å². The third-order valence-electron chi connectivity index (χ3n) is 5.28. The Morgan fingerprint density at radius 2 is 2.25 bits per heavy atom. The van der Waals surface area contributed by atoms with Crippen LogP contribution in [0.25, 0.3) is 0 Å². The maximum atomic E-state index is 12.7. The second-order valence-electron chi connectivity index (χ2n) is 6.48. The largest absolute Gasteiger partial charge is 0.337 e. The predicted octanol–water partition coefficient (Wildman–Crippen LogP) is 2.55. The van der Waals surface area contributed by atoms with Crippen LogP contribution in [0.3, 0.4) is 0 Å². The number of hydrogen-bond donors (Lipinski definition) is 1. The molecule has 0 radical (unpaired) electrons. The van der Waals surface area contributed by atoms with Crippen molar-refractivity contribution in [3.63, 3.8) is 0 Å². The maximum absolute atomic E-state index is 12.7. The zero-order valence-corrected chi connectivity index (χ0v) is 12.6. The predicted molar refractivity (Wildman–Crippen MR) is 80.7 cm³/mol. The Morgan fingerprint density at radius 1 is 1.35 bits per heavy atom. The monoisotopic (exact) mass is 290 g/mol. The zero-order chi connectivity index (χ0) is 13.5. The summed E-state index contributed by atoms with van der Waals surface area (Å²) in [6.45, 7) is 1.73. The van der Waals surface area contributed by atoms with Crippen molar-refractivity contribution in [2.75, 3.05) is 6.54 Å². The first kappa shape index (κ1) is 12.8. The fraction of sp³-hybridized carbons (Fsp3) is 0.688. The molecule has 0 bridgehead atoms. The summed E-state index contributed by atoms with van der Waals surface area (Å²) in [7, 11) is 0. The standard InChI is InChI=1S/C16H22N2OS/c19-16(14-9-11-3-1-2-4-13(11)17-14)18-7-5-15-12(10-18)6-8-20-15/h6,8,11,13-14,17H,1-5,7,9-10H2. The third-order valence-corrected chi connectivity index (χ3v) is 6.30. The minimum Gasteiger partial charge on any atom is -0.337 e. The quantitative estimate of drug-likeness (QED) is 0.862. The molecular weight excluding hydrogens is 268 g/mol. The molecular formula is C16H22N2OS. The van der Waals surface area contributed by atoms with E-state index in [1.54, 1.807) is 0 Å². The molecule has 20 heavy (non-hydrogen) atoms. The van der Waals surface area contributed by atoms with E-state index in [2.05, 4.69) is 21.7 Å². The van der Waals surface area contributed by atoms with Crippen molar-refractivity contribution in [1.29, 1.82) is 0 Å². The lowest BCUT2D eigenvalue weighted by Gasteiger charge is -2.29. The fourth-order valence-electron chi connectivity index (χ4n) is 4.17. The minimum atomic E-state index is 0.0864. The first-order valence-corrected chi connectivity index (χ1v) is 8.79. The Bertz CT molecular complexity index is 498. The number of fused-ring (bicyclic) bond motifs is 2. The van der Waals surface area contributed by atoms with E-state index in [0.29, 0.717) is 11.9 Å². The summed E-state index contributed by atoms with van der Waals surface area (Å²) in [6, 6.07) is 2.88. The van der Waals surface area contributed by atoms with E-state index in [1.807, 2.05) is 11.3 Å². The molecule has 1 aromatic heterocycles. The van der Waals surface area contributed by atoms with Gasteiger partial charge in [0.15, 0.2) is 0 Å². The van der Waals surface area contributed by atoms with Crippen LogP contribution in [-0.2, 0) is 17.8 Å². The van der Waals surface area contributed by atoms with E-state index >= 15 is 0 Å². The number of carbonyl (C=O) groups excluding carboxylic acids is 1. The van der Waals surface area contributed by atoms with Crippen LogP contribution in [0.4, 0.5) is 0 Å². The van der Waals surface area contributed by atoms with Crippen LogP contribution in [0.5, 0.6) is 0 Å². The van der Waals surface area contributed by atoms with Crippen molar-refractivity contribution < 1.29 is 4.79 Å². The molecule has 4 rings (SSSR count). The number of thiophene rings is 1. The first-order valence-electron chi connectivity index (χ1n) is 7.91. The molecule has 4 heteroatoms. The van der Waals surface area contributed by atoms with Gasteiger partial charge in [0.2, 0.25) is 5.91 Å². The lowest BCUT2D eigenvalue weighted by atomic mass is 9.85. The van der Waals surface area contributed by atoms with Crippen molar-refractivity contribution in [2.45, 2.75) is 57.2 Å². The average molecular weight is 290 g/mol. The third kappa shape index (κ3) is 2.19. The van der Waals surface area contributed by atoms with E-state index in [0.717, 1.165) is 31.8 Å². The van der Waals surface area contributed by atoms with Crippen LogP contribution < -0.4 is 5.32 Å². The number of nitrogens with zero attached hydrogens (tertiary/aromatic N) is 1. The van der Waals surface area contributed by atoms with Gasteiger partial charge in [-0.1, -0.05) is 12.8 Å². The molecule has 3 atom stereocenters. The molecule has 1 saturated heterocycles. The van der Waals surface area contributed by atoms with Gasteiger partial charge in [0.05, 0.1) is 6.04 Å². The van der Waals surface area contributed by atoms with E-state index in [1.165, 1.54) is 36.1 Å². The molecule has 0 aromatic carbocycles. The van der Waals surface area contributed by atoms with Gasteiger partial charge in [-0.3, -0.25) is 4.79 Å². The Morgan fingerprint density at radius 3 is 3.15 bits per heavy atom. The summed E-state index contributed by atoms with van der Waals surface area (Å²) < 4.78 is 0. The zero-order valence-electron chi connectivity index (χ0n) is 11.8. The molecule has 108 valence electrons. The normalized spacial score (nSPS) is 32.8. The molecule has 1 N–H and O–H groups in total. The van der Waals surface area contributed by atoms with Gasteiger partial charge >= 0.3 is 0 Å². The van der Waals surface area contributed by atoms with Gasteiger partial charge in [0.25, 0.3) is 0 Å². The summed E-state index contributed by atoms with van der Waals surface area (Å²) in [4.78, 5) is 16.3. The van der Waals surface area contributed by atoms with E-state index in [-0.39, 0.29) is 6.04 Å². The Kier molecular flexibility index (Phi) is 3.31. The molecule has 1 amide bonds. The van der Waals surface area contributed by atoms with Gasteiger partial charge in [-0.05, 0) is 48.6 Å². The molecule has 1 saturated carbocycles. The number of carbonyl (C=O) groups is 1. The highest BCUT2D eigenvalue weighted by molar-refractivity contribution is 7.10. The highest BCUT2D eigenvalue weighted by Gasteiger charge is 2.40. The molecule has 2 fully saturated rings. The minimum absolute atomic E-state index is 0.0864. The molecule has 3 nitrogen and oxygen atoms in total. The van der Waals surface area contributed by atoms with Crippen molar-refractivity contribution in [3.05, 3.63) is 21.9 Å². The van der Waals surface area contributed by atoms with Gasteiger partial charge in [-0.25, -0.2) is 0 Å². The van der Waals surface area contributed by atoms with E-state index in [9.17, 15) is 4.79 Å². The van der Waals surface area contributed by atoms with Gasteiger partial charge in [-0.2, -0.15) is 0 Å². The molecule has 0 spiro atoms. The fourth-order valence-corrected chi connectivity index (χ4v) is 5.06. The Hall–Kier alpha value is -0.870. The van der Waals surface area contributed by atoms with Crippen LogP contribution in [0.1, 0.15) is 42.5 Å². The second kappa shape index (κ2) is 5.15. The van der Waals surface area contributed by atoms with Crippen molar-refractivity contribution >= 4 is 17.2 Å². The average Bonchev–Trinajstić information content (AvgIpc) is 3.11.